The highest BCUT2D eigenvalue weighted by Crippen LogP contribution is 2.22. The molecule has 1 aromatic carbocycles. The van der Waals surface area contributed by atoms with Crippen molar-refractivity contribution in [2.24, 2.45) is 5.16 Å². The van der Waals surface area contributed by atoms with Gasteiger partial charge in [-0.2, -0.15) is 0 Å². The summed E-state index contributed by atoms with van der Waals surface area (Å²) in [6, 6.07) is 5.02. The molecule has 0 spiro atoms. The van der Waals surface area contributed by atoms with E-state index in [-0.39, 0.29) is 0 Å². The van der Waals surface area contributed by atoms with E-state index in [9.17, 15) is 0 Å². The topological polar surface area (TPSA) is 50.4 Å². The third-order valence-electron chi connectivity index (χ3n) is 2.25. The van der Waals surface area contributed by atoms with Crippen LogP contribution in [0.3, 0.4) is 0 Å². The minimum absolute atomic E-state index is 0.387. The van der Waals surface area contributed by atoms with Gasteiger partial charge < -0.3 is 9.77 Å². The second-order valence-electron chi connectivity index (χ2n) is 3.41. The third kappa shape index (κ3) is 2.78. The van der Waals surface area contributed by atoms with Crippen molar-refractivity contribution in [3.8, 4) is 0 Å². The highest BCUT2D eigenvalue weighted by molar-refractivity contribution is 6.37. The molecule has 0 fully saturated rings. The average Bonchev–Trinajstić information content (AvgIpc) is 2.79. The Morgan fingerprint density at radius 1 is 1.41 bits per heavy atom. The summed E-state index contributed by atoms with van der Waals surface area (Å²) in [6.45, 7) is 0.387. The predicted octanol–water partition coefficient (Wildman–Crippen LogP) is 3.07. The number of nitrogens with zero attached hydrogens (tertiary/aromatic N) is 3. The minimum Gasteiger partial charge on any atom is -0.411 e. The van der Waals surface area contributed by atoms with Crippen LogP contribution < -0.4 is 0 Å². The Morgan fingerprint density at radius 2 is 2.24 bits per heavy atom. The van der Waals surface area contributed by atoms with Crippen LogP contribution in [0.1, 0.15) is 5.56 Å². The van der Waals surface area contributed by atoms with Crippen molar-refractivity contribution >= 4 is 28.9 Å². The van der Waals surface area contributed by atoms with Gasteiger partial charge in [-0.3, -0.25) is 0 Å². The van der Waals surface area contributed by atoms with Gasteiger partial charge in [-0.1, -0.05) is 28.4 Å². The molecule has 1 N–H and O–H groups in total. The molecule has 0 atom stereocenters. The first-order chi connectivity index (χ1) is 8.20. The van der Waals surface area contributed by atoms with Gasteiger partial charge in [0.1, 0.15) is 5.71 Å². The van der Waals surface area contributed by atoms with E-state index in [2.05, 4.69) is 10.1 Å². The summed E-state index contributed by atoms with van der Waals surface area (Å²) in [6.07, 6.45) is 5.06. The molecule has 0 aliphatic rings. The Hall–Kier alpha value is -1.52. The van der Waals surface area contributed by atoms with Crippen LogP contribution in [0.15, 0.2) is 42.1 Å². The van der Waals surface area contributed by atoms with Crippen molar-refractivity contribution in [1.82, 2.24) is 9.55 Å². The Labute approximate surface area is 108 Å². The standard InChI is InChI=1S/C11H9Cl2N3O/c12-8-1-2-9(10(13)5-8)11(15-17)6-16-4-3-14-7-16/h1-5,7,17H,6H2/b15-11+. The Kier molecular flexibility index (Phi) is 3.66. The molecule has 6 heteroatoms. The molecule has 0 aliphatic carbocycles. The number of imidazole rings is 1. The molecule has 2 aromatic rings. The molecular weight excluding hydrogens is 261 g/mol. The van der Waals surface area contributed by atoms with Crippen LogP contribution in [0.4, 0.5) is 0 Å². The van der Waals surface area contributed by atoms with E-state index in [0.29, 0.717) is 27.9 Å². The van der Waals surface area contributed by atoms with Gasteiger partial charge in [-0.05, 0) is 18.2 Å². The van der Waals surface area contributed by atoms with E-state index in [4.69, 9.17) is 28.4 Å². The zero-order chi connectivity index (χ0) is 12.3. The molecule has 88 valence electrons. The molecule has 1 heterocycles. The molecule has 0 unspecified atom stereocenters. The maximum Gasteiger partial charge on any atom is 0.108 e. The molecular formula is C11H9Cl2N3O. The first kappa shape index (κ1) is 12.0. The van der Waals surface area contributed by atoms with Crippen molar-refractivity contribution in [2.75, 3.05) is 0 Å². The van der Waals surface area contributed by atoms with Crippen LogP contribution in [-0.4, -0.2) is 20.5 Å². The lowest BCUT2D eigenvalue weighted by Gasteiger charge is -2.07. The molecule has 1 aromatic heterocycles. The van der Waals surface area contributed by atoms with Gasteiger partial charge in [0.25, 0.3) is 0 Å². The number of rotatable bonds is 3. The number of halogens is 2. The fourth-order valence-electron chi connectivity index (χ4n) is 1.45. The van der Waals surface area contributed by atoms with Gasteiger partial charge in [0.15, 0.2) is 0 Å². The Bertz CT molecular complexity index is 538. The third-order valence-corrected chi connectivity index (χ3v) is 2.80. The zero-order valence-corrected chi connectivity index (χ0v) is 10.2. The van der Waals surface area contributed by atoms with Gasteiger partial charge in [-0.25, -0.2) is 4.98 Å². The second-order valence-corrected chi connectivity index (χ2v) is 4.25. The SMILES string of the molecule is O/N=C(\Cn1ccnc1)c1ccc(Cl)cc1Cl. The smallest absolute Gasteiger partial charge is 0.108 e. The first-order valence-corrected chi connectivity index (χ1v) is 5.58. The lowest BCUT2D eigenvalue weighted by atomic mass is 10.1. The molecule has 0 saturated heterocycles. The Morgan fingerprint density at radius 3 is 2.82 bits per heavy atom. The predicted molar refractivity (Wildman–Crippen MR) is 67.0 cm³/mol. The van der Waals surface area contributed by atoms with Gasteiger partial charge >= 0.3 is 0 Å². The molecule has 4 nitrogen and oxygen atoms in total. The van der Waals surface area contributed by atoms with E-state index >= 15 is 0 Å². The van der Waals surface area contributed by atoms with E-state index in [0.717, 1.165) is 0 Å². The fraction of sp³-hybridized carbons (Fsp3) is 0.0909. The molecule has 0 aliphatic heterocycles. The maximum absolute atomic E-state index is 9.03. The summed E-state index contributed by atoms with van der Waals surface area (Å²) >= 11 is 11.8. The maximum atomic E-state index is 9.03. The van der Waals surface area contributed by atoms with Crippen molar-refractivity contribution in [3.63, 3.8) is 0 Å². The van der Waals surface area contributed by atoms with Crippen molar-refractivity contribution in [1.29, 1.82) is 0 Å². The van der Waals surface area contributed by atoms with E-state index in [1.54, 1.807) is 41.5 Å². The molecule has 2 rings (SSSR count). The largest absolute Gasteiger partial charge is 0.411 e. The molecule has 17 heavy (non-hydrogen) atoms. The number of benzene rings is 1. The number of hydrogen-bond donors (Lipinski definition) is 1. The van der Waals surface area contributed by atoms with E-state index in [1.165, 1.54) is 0 Å². The van der Waals surface area contributed by atoms with Gasteiger partial charge in [0.2, 0.25) is 0 Å². The van der Waals surface area contributed by atoms with Crippen LogP contribution in [0, 0.1) is 0 Å². The lowest BCUT2D eigenvalue weighted by molar-refractivity contribution is 0.317. The molecule has 0 radical (unpaired) electrons. The van der Waals surface area contributed by atoms with Gasteiger partial charge in [-0.15, -0.1) is 0 Å². The summed E-state index contributed by atoms with van der Waals surface area (Å²) in [5.41, 5.74) is 1.09. The summed E-state index contributed by atoms with van der Waals surface area (Å²) in [7, 11) is 0. The van der Waals surface area contributed by atoms with Crippen LogP contribution in [0.5, 0.6) is 0 Å². The zero-order valence-electron chi connectivity index (χ0n) is 8.72. The highest BCUT2D eigenvalue weighted by Gasteiger charge is 2.10. The molecule has 0 saturated carbocycles. The fourth-order valence-corrected chi connectivity index (χ4v) is 1.96. The van der Waals surface area contributed by atoms with Crippen LogP contribution >= 0.6 is 23.2 Å². The van der Waals surface area contributed by atoms with Gasteiger partial charge in [0.05, 0.1) is 17.9 Å². The normalized spacial score (nSPS) is 11.8. The summed E-state index contributed by atoms with van der Waals surface area (Å²) in [5.74, 6) is 0. The van der Waals surface area contributed by atoms with Crippen molar-refractivity contribution < 1.29 is 5.21 Å². The summed E-state index contributed by atoms with van der Waals surface area (Å²) in [5, 5.41) is 13.3. The van der Waals surface area contributed by atoms with Crippen molar-refractivity contribution in [2.45, 2.75) is 6.54 Å². The first-order valence-electron chi connectivity index (χ1n) is 4.83. The van der Waals surface area contributed by atoms with Crippen LogP contribution in [0.2, 0.25) is 10.0 Å². The van der Waals surface area contributed by atoms with Crippen LogP contribution in [-0.2, 0) is 6.54 Å². The monoisotopic (exact) mass is 269 g/mol. The minimum atomic E-state index is 0.387. The van der Waals surface area contributed by atoms with Crippen LogP contribution in [0.25, 0.3) is 0 Å². The average molecular weight is 270 g/mol. The second kappa shape index (κ2) is 5.21. The summed E-state index contributed by atoms with van der Waals surface area (Å²) < 4.78 is 1.78. The number of hydrogen-bond acceptors (Lipinski definition) is 3. The quantitative estimate of drug-likeness (QED) is 0.529. The Balaban J connectivity index is 2.30. The van der Waals surface area contributed by atoms with E-state index < -0.39 is 0 Å². The highest BCUT2D eigenvalue weighted by atomic mass is 35.5. The van der Waals surface area contributed by atoms with Gasteiger partial charge in [0, 0.05) is 23.0 Å². The van der Waals surface area contributed by atoms with Crippen molar-refractivity contribution in [3.05, 3.63) is 52.5 Å². The summed E-state index contributed by atoms with van der Waals surface area (Å²) in [4.78, 5) is 3.91. The molecule has 0 amide bonds. The van der Waals surface area contributed by atoms with E-state index in [1.807, 2.05) is 0 Å². The number of oxime groups is 1. The number of aromatic nitrogens is 2. The lowest BCUT2D eigenvalue weighted by Crippen LogP contribution is -2.11. The molecule has 0 bridgehead atoms.